The molecule has 0 fully saturated rings. The second-order valence-corrected chi connectivity index (χ2v) is 5.61. The zero-order chi connectivity index (χ0) is 16.9. The molecule has 3 heteroatoms. The smallest absolute Gasteiger partial charge is 0.161 e. The van der Waals surface area contributed by atoms with E-state index < -0.39 is 0 Å². The summed E-state index contributed by atoms with van der Waals surface area (Å²) in [6.07, 6.45) is 11.9. The van der Waals surface area contributed by atoms with Gasteiger partial charge in [-0.15, -0.1) is 0 Å². The Morgan fingerprint density at radius 2 is 1.91 bits per heavy atom. The third kappa shape index (κ3) is 7.36. The van der Waals surface area contributed by atoms with Crippen LogP contribution < -0.4 is 9.47 Å². The van der Waals surface area contributed by atoms with Gasteiger partial charge in [0.05, 0.1) is 6.61 Å². The van der Waals surface area contributed by atoms with Gasteiger partial charge in [0, 0.05) is 12.0 Å². The van der Waals surface area contributed by atoms with E-state index in [-0.39, 0.29) is 6.10 Å². The van der Waals surface area contributed by atoms with E-state index >= 15 is 0 Å². The Morgan fingerprint density at radius 1 is 1.09 bits per heavy atom. The van der Waals surface area contributed by atoms with E-state index in [0.29, 0.717) is 17.9 Å². The Kier molecular flexibility index (Phi) is 9.85. The molecule has 0 aliphatic rings. The summed E-state index contributed by atoms with van der Waals surface area (Å²) in [7, 11) is 0. The second kappa shape index (κ2) is 11.8. The minimum Gasteiger partial charge on any atom is -0.490 e. The Bertz CT molecular complexity index is 480. The van der Waals surface area contributed by atoms with E-state index in [9.17, 15) is 4.79 Å². The van der Waals surface area contributed by atoms with Crippen LogP contribution in [0.3, 0.4) is 0 Å². The molecule has 128 valence electrons. The average molecular weight is 318 g/mol. The average Bonchev–Trinajstić information content (AvgIpc) is 2.56. The van der Waals surface area contributed by atoms with Crippen LogP contribution in [0.5, 0.6) is 11.5 Å². The molecular weight excluding hydrogens is 288 g/mol. The Hall–Kier alpha value is -1.77. The largest absolute Gasteiger partial charge is 0.490 e. The number of benzene rings is 1. The molecule has 0 saturated carbocycles. The minimum absolute atomic E-state index is 0.144. The van der Waals surface area contributed by atoms with Gasteiger partial charge in [-0.05, 0) is 44.4 Å². The monoisotopic (exact) mass is 318 g/mol. The summed E-state index contributed by atoms with van der Waals surface area (Å²) in [5, 5.41) is 0. The summed E-state index contributed by atoms with van der Waals surface area (Å²) in [5.74, 6) is 1.38. The van der Waals surface area contributed by atoms with Crippen molar-refractivity contribution in [2.45, 2.75) is 65.4 Å². The maximum absolute atomic E-state index is 10.9. The first-order valence-electron chi connectivity index (χ1n) is 8.78. The van der Waals surface area contributed by atoms with Crippen LogP contribution in [-0.4, -0.2) is 19.0 Å². The molecule has 1 atom stereocenters. The lowest BCUT2D eigenvalue weighted by Gasteiger charge is -2.20. The first-order chi connectivity index (χ1) is 11.2. The molecule has 1 aromatic carbocycles. The first-order valence-corrected chi connectivity index (χ1v) is 8.78. The van der Waals surface area contributed by atoms with Gasteiger partial charge in [0.2, 0.25) is 0 Å². The fraction of sp³-hybridized carbons (Fsp3) is 0.550. The van der Waals surface area contributed by atoms with Crippen molar-refractivity contribution in [3.63, 3.8) is 0 Å². The number of hydrogen-bond donors (Lipinski definition) is 0. The Labute approximate surface area is 140 Å². The van der Waals surface area contributed by atoms with Gasteiger partial charge in [0.1, 0.15) is 12.4 Å². The van der Waals surface area contributed by atoms with Crippen LogP contribution in [0.2, 0.25) is 0 Å². The highest BCUT2D eigenvalue weighted by Crippen LogP contribution is 2.30. The molecule has 0 amide bonds. The van der Waals surface area contributed by atoms with Gasteiger partial charge in [-0.25, -0.2) is 0 Å². The molecule has 0 aliphatic carbocycles. The van der Waals surface area contributed by atoms with Crippen LogP contribution in [0.1, 0.15) is 69.7 Å². The molecule has 1 unspecified atom stereocenters. The molecule has 0 radical (unpaired) electrons. The summed E-state index contributed by atoms with van der Waals surface area (Å²) in [6.45, 7) is 6.82. The third-order valence-electron chi connectivity index (χ3n) is 3.63. The number of unbranched alkanes of at least 4 members (excludes halogenated alkanes) is 2. The summed E-state index contributed by atoms with van der Waals surface area (Å²) in [5.41, 5.74) is 0.606. The normalized spacial score (nSPS) is 12.3. The van der Waals surface area contributed by atoms with Crippen molar-refractivity contribution in [2.75, 3.05) is 6.61 Å². The molecule has 1 rings (SSSR count). The van der Waals surface area contributed by atoms with Crippen molar-refractivity contribution >= 4 is 6.29 Å². The fourth-order valence-electron chi connectivity index (χ4n) is 2.40. The number of carbonyl (C=O) groups excluding carboxylic acids is 1. The van der Waals surface area contributed by atoms with Gasteiger partial charge >= 0.3 is 0 Å². The predicted molar refractivity (Wildman–Crippen MR) is 95.6 cm³/mol. The van der Waals surface area contributed by atoms with Crippen LogP contribution in [-0.2, 0) is 0 Å². The number of aldehydes is 1. The van der Waals surface area contributed by atoms with E-state index in [1.54, 1.807) is 12.1 Å². The molecule has 23 heavy (non-hydrogen) atoms. The van der Waals surface area contributed by atoms with E-state index in [2.05, 4.69) is 26.0 Å². The van der Waals surface area contributed by atoms with E-state index in [1.165, 1.54) is 12.8 Å². The van der Waals surface area contributed by atoms with Crippen LogP contribution in [0.25, 0.3) is 0 Å². The molecule has 0 N–H and O–H groups in total. The van der Waals surface area contributed by atoms with E-state index in [0.717, 1.165) is 37.7 Å². The van der Waals surface area contributed by atoms with Gasteiger partial charge in [0.15, 0.2) is 11.5 Å². The standard InChI is InChI=1S/C20H30O3/c1-4-7-9-11-18(12-10-8-5-2)23-19-14-13-17(16-21)15-20(19)22-6-3/h7,9,13-16,18H,4-6,8,10-12H2,1-3H3. The summed E-state index contributed by atoms with van der Waals surface area (Å²) < 4.78 is 11.8. The molecule has 0 heterocycles. The topological polar surface area (TPSA) is 35.5 Å². The SMILES string of the molecule is CCC=CCC(CCCCC)Oc1ccc(C=O)cc1OCC. The van der Waals surface area contributed by atoms with Crippen molar-refractivity contribution in [2.24, 2.45) is 0 Å². The minimum atomic E-state index is 0.144. The molecule has 0 aromatic heterocycles. The number of rotatable bonds is 12. The summed E-state index contributed by atoms with van der Waals surface area (Å²) in [6, 6.07) is 5.36. The van der Waals surface area contributed by atoms with E-state index in [1.807, 2.05) is 13.0 Å². The van der Waals surface area contributed by atoms with Crippen LogP contribution >= 0.6 is 0 Å². The van der Waals surface area contributed by atoms with Crippen molar-refractivity contribution in [1.82, 2.24) is 0 Å². The second-order valence-electron chi connectivity index (χ2n) is 5.61. The van der Waals surface area contributed by atoms with Crippen molar-refractivity contribution in [3.05, 3.63) is 35.9 Å². The van der Waals surface area contributed by atoms with Crippen LogP contribution in [0.4, 0.5) is 0 Å². The molecule has 0 bridgehead atoms. The Balaban J connectivity index is 2.82. The third-order valence-corrected chi connectivity index (χ3v) is 3.63. The fourth-order valence-corrected chi connectivity index (χ4v) is 2.40. The maximum Gasteiger partial charge on any atom is 0.161 e. The van der Waals surface area contributed by atoms with Gasteiger partial charge in [-0.2, -0.15) is 0 Å². The number of allylic oxidation sites excluding steroid dienone is 1. The highest BCUT2D eigenvalue weighted by atomic mass is 16.5. The number of ether oxygens (including phenoxy) is 2. The molecule has 3 nitrogen and oxygen atoms in total. The van der Waals surface area contributed by atoms with Gasteiger partial charge < -0.3 is 9.47 Å². The van der Waals surface area contributed by atoms with Gasteiger partial charge in [-0.3, -0.25) is 4.79 Å². The number of carbonyl (C=O) groups is 1. The zero-order valence-corrected chi connectivity index (χ0v) is 14.7. The highest BCUT2D eigenvalue weighted by molar-refractivity contribution is 5.76. The van der Waals surface area contributed by atoms with E-state index in [4.69, 9.17) is 9.47 Å². The highest BCUT2D eigenvalue weighted by Gasteiger charge is 2.13. The zero-order valence-electron chi connectivity index (χ0n) is 14.7. The Morgan fingerprint density at radius 3 is 2.57 bits per heavy atom. The molecule has 0 saturated heterocycles. The van der Waals surface area contributed by atoms with Crippen molar-refractivity contribution in [1.29, 1.82) is 0 Å². The number of hydrogen-bond acceptors (Lipinski definition) is 3. The van der Waals surface area contributed by atoms with Crippen molar-refractivity contribution in [3.8, 4) is 11.5 Å². The van der Waals surface area contributed by atoms with Gasteiger partial charge in [-0.1, -0.05) is 38.8 Å². The van der Waals surface area contributed by atoms with Crippen LogP contribution in [0, 0.1) is 0 Å². The first kappa shape index (κ1) is 19.3. The molecule has 1 aromatic rings. The molecule has 0 spiro atoms. The van der Waals surface area contributed by atoms with Crippen molar-refractivity contribution < 1.29 is 14.3 Å². The maximum atomic E-state index is 10.9. The van der Waals surface area contributed by atoms with Gasteiger partial charge in [0.25, 0.3) is 0 Å². The van der Waals surface area contributed by atoms with Crippen LogP contribution in [0.15, 0.2) is 30.4 Å². The summed E-state index contributed by atoms with van der Waals surface area (Å²) >= 11 is 0. The lowest BCUT2D eigenvalue weighted by atomic mass is 10.1. The summed E-state index contributed by atoms with van der Waals surface area (Å²) in [4.78, 5) is 10.9. The molecule has 0 aliphatic heterocycles. The quantitative estimate of drug-likeness (QED) is 0.286. The lowest BCUT2D eigenvalue weighted by molar-refractivity contribution is 0.112. The lowest BCUT2D eigenvalue weighted by Crippen LogP contribution is -2.16. The predicted octanol–water partition coefficient (Wildman–Crippen LogP) is 5.58. The molecular formula is C20H30O3.